The first kappa shape index (κ1) is 19.0. The van der Waals surface area contributed by atoms with E-state index in [2.05, 4.69) is 20.1 Å². The second-order valence-corrected chi connectivity index (χ2v) is 7.14. The Balaban J connectivity index is 1.37. The van der Waals surface area contributed by atoms with Gasteiger partial charge in [0.25, 0.3) is 0 Å². The largest absolute Gasteiger partial charge is 0.496 e. The van der Waals surface area contributed by atoms with E-state index >= 15 is 0 Å². The van der Waals surface area contributed by atoms with Crippen molar-refractivity contribution in [3.63, 3.8) is 0 Å². The predicted molar refractivity (Wildman–Crippen MR) is 105 cm³/mol. The Hall–Kier alpha value is -3.29. The molecule has 1 fully saturated rings. The molecule has 0 N–H and O–H groups in total. The van der Waals surface area contributed by atoms with Crippen molar-refractivity contribution in [2.45, 2.75) is 25.7 Å². The first-order chi connectivity index (χ1) is 14.2. The molecule has 0 radical (unpaired) electrons. The zero-order valence-corrected chi connectivity index (χ0v) is 16.3. The number of amides is 1. The third-order valence-corrected chi connectivity index (χ3v) is 5.13. The molecule has 8 heteroatoms. The summed E-state index contributed by atoms with van der Waals surface area (Å²) in [7, 11) is 1.62. The number of nitrogens with zero attached hydrogens (tertiary/aromatic N) is 5. The highest BCUT2D eigenvalue weighted by molar-refractivity contribution is 5.79. The van der Waals surface area contributed by atoms with Crippen molar-refractivity contribution in [1.82, 2.24) is 25.0 Å². The number of hydrogen-bond donors (Lipinski definition) is 0. The normalized spacial score (nSPS) is 16.6. The number of carbonyl (C=O) groups is 1. The lowest BCUT2D eigenvalue weighted by atomic mass is 9.94. The van der Waals surface area contributed by atoms with Gasteiger partial charge in [-0.05, 0) is 24.8 Å². The third kappa shape index (κ3) is 4.59. The van der Waals surface area contributed by atoms with Crippen LogP contribution in [0.3, 0.4) is 0 Å². The van der Waals surface area contributed by atoms with Crippen LogP contribution in [0.5, 0.6) is 5.75 Å². The van der Waals surface area contributed by atoms with Crippen molar-refractivity contribution in [1.29, 1.82) is 0 Å². The highest BCUT2D eigenvalue weighted by Crippen LogP contribution is 2.24. The highest BCUT2D eigenvalue weighted by Gasteiger charge is 2.26. The third-order valence-electron chi connectivity index (χ3n) is 5.13. The van der Waals surface area contributed by atoms with Gasteiger partial charge in [-0.15, -0.1) is 0 Å². The molecule has 4 rings (SSSR count). The minimum Gasteiger partial charge on any atom is -0.496 e. The number of rotatable bonds is 6. The number of aromatic nitrogens is 4. The molecule has 1 aliphatic heterocycles. The molecule has 2 aromatic heterocycles. The van der Waals surface area contributed by atoms with Crippen LogP contribution >= 0.6 is 0 Å². The van der Waals surface area contributed by atoms with Crippen molar-refractivity contribution in [3.05, 3.63) is 54.3 Å². The maximum absolute atomic E-state index is 12.8. The van der Waals surface area contributed by atoms with Crippen LogP contribution in [0.25, 0.3) is 11.5 Å². The van der Waals surface area contributed by atoms with Crippen LogP contribution in [-0.4, -0.2) is 51.1 Å². The van der Waals surface area contributed by atoms with Gasteiger partial charge in [0, 0.05) is 37.5 Å². The molecule has 0 spiro atoms. The second kappa shape index (κ2) is 8.81. The molecule has 0 aliphatic carbocycles. The van der Waals surface area contributed by atoms with Crippen LogP contribution in [-0.2, 0) is 17.6 Å². The van der Waals surface area contributed by atoms with Crippen LogP contribution < -0.4 is 4.74 Å². The summed E-state index contributed by atoms with van der Waals surface area (Å²) < 4.78 is 10.8. The molecule has 0 saturated carbocycles. The molecule has 3 aromatic rings. The average Bonchev–Trinajstić information content (AvgIpc) is 3.23. The molecule has 150 valence electrons. The van der Waals surface area contributed by atoms with Crippen LogP contribution in [0.2, 0.25) is 0 Å². The molecule has 1 saturated heterocycles. The first-order valence-corrected chi connectivity index (χ1v) is 9.71. The number of piperidine rings is 1. The van der Waals surface area contributed by atoms with E-state index in [9.17, 15) is 4.79 Å². The molecular formula is C21H23N5O3. The Kier molecular flexibility index (Phi) is 5.79. The van der Waals surface area contributed by atoms with Crippen molar-refractivity contribution in [3.8, 4) is 17.3 Å². The van der Waals surface area contributed by atoms with E-state index in [1.807, 2.05) is 29.2 Å². The quantitative estimate of drug-likeness (QED) is 0.635. The van der Waals surface area contributed by atoms with Crippen LogP contribution in [0.15, 0.2) is 47.4 Å². The maximum atomic E-state index is 12.8. The average molecular weight is 393 g/mol. The molecule has 8 nitrogen and oxygen atoms in total. The standard InChI is InChI=1S/C21H23N5O3/c1-28-18-7-3-2-6-16(18)12-20(27)26-10-4-5-15(14-26)11-19-24-21(25-29-19)17-13-22-8-9-23-17/h2-3,6-9,13,15H,4-5,10-12,14H2,1H3. The number of benzene rings is 1. The van der Waals surface area contributed by atoms with Gasteiger partial charge in [-0.1, -0.05) is 23.4 Å². The topological polar surface area (TPSA) is 94.2 Å². The highest BCUT2D eigenvalue weighted by atomic mass is 16.5. The van der Waals surface area contributed by atoms with Gasteiger partial charge in [0.05, 0.1) is 19.7 Å². The van der Waals surface area contributed by atoms with Gasteiger partial charge >= 0.3 is 0 Å². The molecule has 1 aliphatic rings. The maximum Gasteiger partial charge on any atom is 0.227 e. The summed E-state index contributed by atoms with van der Waals surface area (Å²) in [6.07, 6.45) is 7.78. The molecule has 29 heavy (non-hydrogen) atoms. The molecule has 1 unspecified atom stereocenters. The molecular weight excluding hydrogens is 370 g/mol. The summed E-state index contributed by atoms with van der Waals surface area (Å²) in [5.74, 6) is 2.16. The number of carbonyl (C=O) groups excluding carboxylic acids is 1. The Morgan fingerprint density at radius 3 is 3.03 bits per heavy atom. The van der Waals surface area contributed by atoms with Crippen LogP contribution in [0.1, 0.15) is 24.3 Å². The van der Waals surface area contributed by atoms with Gasteiger partial charge < -0.3 is 14.2 Å². The van der Waals surface area contributed by atoms with E-state index in [0.717, 1.165) is 30.7 Å². The Morgan fingerprint density at radius 2 is 2.21 bits per heavy atom. The number of ether oxygens (including phenoxy) is 1. The summed E-state index contributed by atoms with van der Waals surface area (Å²) in [6.45, 7) is 1.47. The minimum atomic E-state index is 0.116. The zero-order valence-electron chi connectivity index (χ0n) is 16.3. The molecule has 1 amide bonds. The second-order valence-electron chi connectivity index (χ2n) is 7.14. The van der Waals surface area contributed by atoms with Crippen molar-refractivity contribution in [2.75, 3.05) is 20.2 Å². The van der Waals surface area contributed by atoms with Crippen molar-refractivity contribution in [2.24, 2.45) is 5.92 Å². The Morgan fingerprint density at radius 1 is 1.31 bits per heavy atom. The minimum absolute atomic E-state index is 0.116. The lowest BCUT2D eigenvalue weighted by molar-refractivity contribution is -0.132. The Labute approximate surface area is 168 Å². The van der Waals surface area contributed by atoms with Crippen molar-refractivity contribution < 1.29 is 14.1 Å². The van der Waals surface area contributed by atoms with Gasteiger partial charge in [-0.3, -0.25) is 9.78 Å². The fourth-order valence-corrected chi connectivity index (χ4v) is 3.69. The zero-order chi connectivity index (χ0) is 20.1. The van der Waals surface area contributed by atoms with E-state index in [4.69, 9.17) is 9.26 Å². The van der Waals surface area contributed by atoms with E-state index in [-0.39, 0.29) is 5.91 Å². The van der Waals surface area contributed by atoms with Crippen molar-refractivity contribution >= 4 is 5.91 Å². The SMILES string of the molecule is COc1ccccc1CC(=O)N1CCCC(Cc2nc(-c3cnccn3)no2)C1. The number of methoxy groups -OCH3 is 1. The van der Waals surface area contributed by atoms with Gasteiger partial charge in [0.1, 0.15) is 11.4 Å². The molecule has 1 atom stereocenters. The number of hydrogen-bond acceptors (Lipinski definition) is 7. The number of likely N-dealkylation sites (tertiary alicyclic amines) is 1. The van der Waals surface area contributed by atoms with E-state index in [0.29, 0.717) is 42.7 Å². The van der Waals surface area contributed by atoms with Gasteiger partial charge in [0.15, 0.2) is 0 Å². The van der Waals surface area contributed by atoms with Gasteiger partial charge in [-0.25, -0.2) is 4.98 Å². The molecule has 0 bridgehead atoms. The lowest BCUT2D eigenvalue weighted by Crippen LogP contribution is -2.41. The Bertz CT molecular complexity index is 960. The van der Waals surface area contributed by atoms with E-state index < -0.39 is 0 Å². The monoisotopic (exact) mass is 393 g/mol. The van der Waals surface area contributed by atoms with Gasteiger partial charge in [-0.2, -0.15) is 4.98 Å². The van der Waals surface area contributed by atoms with Crippen LogP contribution in [0, 0.1) is 5.92 Å². The summed E-state index contributed by atoms with van der Waals surface area (Å²) in [5.41, 5.74) is 1.49. The first-order valence-electron chi connectivity index (χ1n) is 9.71. The van der Waals surface area contributed by atoms with Crippen LogP contribution in [0.4, 0.5) is 0 Å². The molecule has 3 heterocycles. The smallest absolute Gasteiger partial charge is 0.227 e. The summed E-state index contributed by atoms with van der Waals surface area (Å²) in [4.78, 5) is 27.4. The molecule has 1 aromatic carbocycles. The fourth-order valence-electron chi connectivity index (χ4n) is 3.69. The van der Waals surface area contributed by atoms with E-state index in [1.54, 1.807) is 25.7 Å². The predicted octanol–water partition coefficient (Wildman–Crippen LogP) is 2.56. The summed E-state index contributed by atoms with van der Waals surface area (Å²) in [6, 6.07) is 7.65. The lowest BCUT2D eigenvalue weighted by Gasteiger charge is -2.32. The fraction of sp³-hybridized carbons (Fsp3) is 0.381. The van der Waals surface area contributed by atoms with E-state index in [1.165, 1.54) is 0 Å². The summed E-state index contributed by atoms with van der Waals surface area (Å²) >= 11 is 0. The van der Waals surface area contributed by atoms with Gasteiger partial charge in [0.2, 0.25) is 17.6 Å². The summed E-state index contributed by atoms with van der Waals surface area (Å²) in [5, 5.41) is 4.00. The number of para-hydroxylation sites is 1.